The van der Waals surface area contributed by atoms with Crippen molar-refractivity contribution in [1.82, 2.24) is 14.7 Å². The highest BCUT2D eigenvalue weighted by atomic mass is 16.1. The third-order valence-electron chi connectivity index (χ3n) is 2.57. The lowest BCUT2D eigenvalue weighted by Gasteiger charge is -2.05. The van der Waals surface area contributed by atoms with Crippen LogP contribution in [0.1, 0.15) is 23.2 Å². The Bertz CT molecular complexity index is 506. The van der Waals surface area contributed by atoms with Crippen LogP contribution in [0.5, 0.6) is 0 Å². The summed E-state index contributed by atoms with van der Waals surface area (Å²) in [6.45, 7) is 1.33. The number of carbonyl (C=O) groups is 1. The van der Waals surface area contributed by atoms with E-state index in [0.717, 1.165) is 18.5 Å². The van der Waals surface area contributed by atoms with Gasteiger partial charge in [0.25, 0.3) is 5.91 Å². The Labute approximate surface area is 99.6 Å². The molecule has 0 spiro atoms. The first-order valence-electron chi connectivity index (χ1n) is 5.72. The van der Waals surface area contributed by atoms with E-state index in [4.69, 9.17) is 5.73 Å². The fourth-order valence-corrected chi connectivity index (χ4v) is 1.63. The highest BCUT2D eigenvalue weighted by molar-refractivity contribution is 5.94. The van der Waals surface area contributed by atoms with Gasteiger partial charge in [0.1, 0.15) is 5.65 Å². The van der Waals surface area contributed by atoms with E-state index >= 15 is 0 Å². The molecule has 0 saturated heterocycles. The summed E-state index contributed by atoms with van der Waals surface area (Å²) in [5, 5.41) is 2.86. The van der Waals surface area contributed by atoms with E-state index < -0.39 is 0 Å². The van der Waals surface area contributed by atoms with Crippen molar-refractivity contribution in [2.24, 2.45) is 5.73 Å². The molecule has 2 aromatic rings. The predicted octanol–water partition coefficient (Wildman–Crippen LogP) is 0.803. The molecule has 0 saturated carbocycles. The van der Waals surface area contributed by atoms with Gasteiger partial charge in [-0.1, -0.05) is 0 Å². The van der Waals surface area contributed by atoms with Crippen molar-refractivity contribution < 1.29 is 4.79 Å². The highest BCUT2D eigenvalue weighted by Crippen LogP contribution is 2.04. The molecule has 5 heteroatoms. The lowest BCUT2D eigenvalue weighted by atomic mass is 10.2. The molecule has 0 aliphatic heterocycles. The number of rotatable bonds is 5. The molecule has 3 N–H and O–H groups in total. The van der Waals surface area contributed by atoms with Crippen molar-refractivity contribution in [2.45, 2.75) is 12.8 Å². The second-order valence-corrected chi connectivity index (χ2v) is 3.86. The number of hydrogen-bond donors (Lipinski definition) is 2. The number of imidazole rings is 1. The third kappa shape index (κ3) is 2.82. The van der Waals surface area contributed by atoms with E-state index in [1.807, 2.05) is 16.7 Å². The Morgan fingerprint density at radius 3 is 3.12 bits per heavy atom. The topological polar surface area (TPSA) is 72.4 Å². The van der Waals surface area contributed by atoms with Gasteiger partial charge in [-0.15, -0.1) is 0 Å². The van der Waals surface area contributed by atoms with Crippen molar-refractivity contribution in [3.63, 3.8) is 0 Å². The van der Waals surface area contributed by atoms with Crippen LogP contribution in [0, 0.1) is 0 Å². The van der Waals surface area contributed by atoms with Crippen LogP contribution < -0.4 is 11.1 Å². The molecule has 0 bridgehead atoms. The fraction of sp³-hybridized carbons (Fsp3) is 0.333. The number of nitrogens with two attached hydrogens (primary N) is 1. The highest BCUT2D eigenvalue weighted by Gasteiger charge is 2.05. The summed E-state index contributed by atoms with van der Waals surface area (Å²) >= 11 is 0. The first kappa shape index (κ1) is 11.6. The molecule has 0 unspecified atom stereocenters. The first-order valence-corrected chi connectivity index (χ1v) is 5.72. The van der Waals surface area contributed by atoms with Crippen molar-refractivity contribution >= 4 is 11.6 Å². The van der Waals surface area contributed by atoms with E-state index in [0.29, 0.717) is 18.7 Å². The Morgan fingerprint density at radius 1 is 1.41 bits per heavy atom. The molecule has 5 nitrogen and oxygen atoms in total. The Balaban J connectivity index is 1.98. The zero-order valence-electron chi connectivity index (χ0n) is 9.60. The van der Waals surface area contributed by atoms with Crippen LogP contribution in [0.2, 0.25) is 0 Å². The van der Waals surface area contributed by atoms with Gasteiger partial charge in [-0.25, -0.2) is 4.98 Å². The summed E-state index contributed by atoms with van der Waals surface area (Å²) in [5.74, 6) is -0.0578. The molecule has 2 rings (SSSR count). The number of carbonyl (C=O) groups excluding carboxylic acids is 1. The maximum absolute atomic E-state index is 11.8. The zero-order valence-corrected chi connectivity index (χ0v) is 9.60. The SMILES string of the molecule is NCCCCNC(=O)c1ccc2nccn2c1. The molecule has 90 valence electrons. The molecule has 0 aromatic carbocycles. The van der Waals surface area contributed by atoms with Crippen LogP contribution in [0.15, 0.2) is 30.7 Å². The third-order valence-corrected chi connectivity index (χ3v) is 2.57. The molecule has 17 heavy (non-hydrogen) atoms. The van der Waals surface area contributed by atoms with E-state index in [9.17, 15) is 4.79 Å². The molecule has 0 atom stereocenters. The average Bonchev–Trinajstić information content (AvgIpc) is 2.81. The maximum Gasteiger partial charge on any atom is 0.252 e. The van der Waals surface area contributed by atoms with Gasteiger partial charge in [-0.05, 0) is 31.5 Å². The minimum absolute atomic E-state index is 0.0578. The van der Waals surface area contributed by atoms with Crippen LogP contribution >= 0.6 is 0 Å². The van der Waals surface area contributed by atoms with Crippen molar-refractivity contribution in [3.8, 4) is 0 Å². The summed E-state index contributed by atoms with van der Waals surface area (Å²) in [6.07, 6.45) is 7.15. The van der Waals surface area contributed by atoms with E-state index in [1.165, 1.54) is 0 Å². The molecule has 0 aliphatic rings. The normalized spacial score (nSPS) is 10.6. The Kier molecular flexibility index (Phi) is 3.72. The zero-order chi connectivity index (χ0) is 12.1. The molecule has 0 aliphatic carbocycles. The number of fused-ring (bicyclic) bond motifs is 1. The lowest BCUT2D eigenvalue weighted by Crippen LogP contribution is -2.25. The standard InChI is InChI=1S/C12H16N4O/c13-5-1-2-6-15-12(17)10-3-4-11-14-7-8-16(11)9-10/h3-4,7-9H,1-2,5-6,13H2,(H,15,17). The first-order chi connectivity index (χ1) is 8.31. The largest absolute Gasteiger partial charge is 0.352 e. The van der Waals surface area contributed by atoms with Gasteiger partial charge in [0.15, 0.2) is 0 Å². The van der Waals surface area contributed by atoms with Crippen LogP contribution in [0.3, 0.4) is 0 Å². The van der Waals surface area contributed by atoms with Gasteiger partial charge in [-0.2, -0.15) is 0 Å². The second-order valence-electron chi connectivity index (χ2n) is 3.86. The van der Waals surface area contributed by atoms with Crippen LogP contribution in [-0.2, 0) is 0 Å². The van der Waals surface area contributed by atoms with Gasteiger partial charge in [0.2, 0.25) is 0 Å². The number of aromatic nitrogens is 2. The summed E-state index contributed by atoms with van der Waals surface area (Å²) in [6, 6.07) is 3.61. The molecule has 1 amide bonds. The van der Waals surface area contributed by atoms with Crippen molar-refractivity contribution in [1.29, 1.82) is 0 Å². The number of amides is 1. The number of nitrogens with zero attached hydrogens (tertiary/aromatic N) is 2. The number of hydrogen-bond acceptors (Lipinski definition) is 3. The van der Waals surface area contributed by atoms with E-state index in [2.05, 4.69) is 10.3 Å². The molecule has 0 radical (unpaired) electrons. The monoisotopic (exact) mass is 232 g/mol. The maximum atomic E-state index is 11.8. The van der Waals surface area contributed by atoms with Gasteiger partial charge in [0, 0.05) is 25.1 Å². The van der Waals surface area contributed by atoms with Crippen LogP contribution in [0.25, 0.3) is 5.65 Å². The van der Waals surface area contributed by atoms with Crippen LogP contribution in [0.4, 0.5) is 0 Å². The number of nitrogens with one attached hydrogen (secondary N) is 1. The van der Waals surface area contributed by atoms with Gasteiger partial charge >= 0.3 is 0 Å². The minimum atomic E-state index is -0.0578. The lowest BCUT2D eigenvalue weighted by molar-refractivity contribution is 0.0952. The predicted molar refractivity (Wildman–Crippen MR) is 65.8 cm³/mol. The summed E-state index contributed by atoms with van der Waals surface area (Å²) in [7, 11) is 0. The molecular weight excluding hydrogens is 216 g/mol. The molecular formula is C12H16N4O. The number of pyridine rings is 1. The van der Waals surface area contributed by atoms with Gasteiger partial charge in [-0.3, -0.25) is 4.79 Å². The quantitative estimate of drug-likeness (QED) is 0.749. The fourth-order valence-electron chi connectivity index (χ4n) is 1.63. The Morgan fingerprint density at radius 2 is 2.29 bits per heavy atom. The Hall–Kier alpha value is -1.88. The smallest absolute Gasteiger partial charge is 0.252 e. The van der Waals surface area contributed by atoms with Crippen molar-refractivity contribution in [3.05, 3.63) is 36.3 Å². The van der Waals surface area contributed by atoms with E-state index in [1.54, 1.807) is 18.5 Å². The van der Waals surface area contributed by atoms with Gasteiger partial charge < -0.3 is 15.5 Å². The summed E-state index contributed by atoms with van der Waals surface area (Å²) in [4.78, 5) is 15.9. The average molecular weight is 232 g/mol. The molecule has 2 aromatic heterocycles. The van der Waals surface area contributed by atoms with Crippen LogP contribution in [-0.4, -0.2) is 28.4 Å². The van der Waals surface area contributed by atoms with E-state index in [-0.39, 0.29) is 5.91 Å². The summed E-state index contributed by atoms with van der Waals surface area (Å²) in [5.41, 5.74) is 6.86. The summed E-state index contributed by atoms with van der Waals surface area (Å²) < 4.78 is 1.83. The van der Waals surface area contributed by atoms with Crippen molar-refractivity contribution in [2.75, 3.05) is 13.1 Å². The second kappa shape index (κ2) is 5.45. The molecule has 2 heterocycles. The van der Waals surface area contributed by atoms with Gasteiger partial charge in [0.05, 0.1) is 5.56 Å². The number of unbranched alkanes of at least 4 members (excludes halogenated alkanes) is 1. The minimum Gasteiger partial charge on any atom is -0.352 e. The molecule has 0 fully saturated rings.